The molecule has 0 radical (unpaired) electrons. The number of hydrogen-bond donors (Lipinski definition) is 3. The van der Waals surface area contributed by atoms with Crippen LogP contribution in [0.3, 0.4) is 0 Å². The van der Waals surface area contributed by atoms with Gasteiger partial charge in [-0.05, 0) is 30.2 Å². The highest BCUT2D eigenvalue weighted by Crippen LogP contribution is 2.27. The van der Waals surface area contributed by atoms with Crippen molar-refractivity contribution in [3.05, 3.63) is 47.7 Å². The van der Waals surface area contributed by atoms with Crippen LogP contribution in [0.2, 0.25) is 0 Å². The van der Waals surface area contributed by atoms with Gasteiger partial charge in [-0.1, -0.05) is 31.9 Å². The zero-order valence-corrected chi connectivity index (χ0v) is 17.3. The lowest BCUT2D eigenvalue weighted by molar-refractivity contribution is -0.131. The Morgan fingerprint density at radius 1 is 1.30 bits per heavy atom. The molecule has 8 nitrogen and oxygen atoms in total. The van der Waals surface area contributed by atoms with Crippen molar-refractivity contribution < 1.29 is 14.6 Å². The molecule has 4 N–H and O–H groups in total. The summed E-state index contributed by atoms with van der Waals surface area (Å²) >= 11 is 0. The van der Waals surface area contributed by atoms with E-state index in [1.54, 1.807) is 7.11 Å². The van der Waals surface area contributed by atoms with Gasteiger partial charge in [-0.2, -0.15) is 4.98 Å². The second kappa shape index (κ2) is 9.78. The molecule has 0 amide bonds. The number of carboxylic acids is 1. The van der Waals surface area contributed by atoms with Gasteiger partial charge in [-0.25, -0.2) is 9.78 Å². The summed E-state index contributed by atoms with van der Waals surface area (Å²) in [6.07, 6.45) is 7.95. The van der Waals surface area contributed by atoms with Crippen molar-refractivity contribution in [2.45, 2.75) is 32.7 Å². The van der Waals surface area contributed by atoms with Gasteiger partial charge in [0, 0.05) is 24.4 Å². The lowest BCUT2D eigenvalue weighted by Gasteiger charge is -2.14. The summed E-state index contributed by atoms with van der Waals surface area (Å²) in [5.41, 5.74) is 9.26. The number of hydrogen-bond acceptors (Lipinski definition) is 6. The van der Waals surface area contributed by atoms with E-state index >= 15 is 0 Å². The maximum atomic E-state index is 10.7. The zero-order valence-electron chi connectivity index (χ0n) is 17.3. The number of nitrogen functional groups attached to an aromatic ring is 1. The molecule has 8 heteroatoms. The molecule has 0 unspecified atom stereocenters. The van der Waals surface area contributed by atoms with Gasteiger partial charge in [0.1, 0.15) is 11.3 Å². The summed E-state index contributed by atoms with van der Waals surface area (Å²) in [4.78, 5) is 19.5. The molecular weight excluding hydrogens is 382 g/mol. The van der Waals surface area contributed by atoms with Gasteiger partial charge >= 0.3 is 5.97 Å². The highest BCUT2D eigenvalue weighted by atomic mass is 16.5. The molecule has 3 rings (SSSR count). The van der Waals surface area contributed by atoms with Crippen molar-refractivity contribution in [1.29, 1.82) is 0 Å². The minimum Gasteiger partial charge on any atom is -0.496 e. The Morgan fingerprint density at radius 3 is 2.87 bits per heavy atom. The Labute approximate surface area is 175 Å². The molecule has 0 spiro atoms. The minimum absolute atomic E-state index is 0.241. The molecule has 0 aliphatic rings. The lowest BCUT2D eigenvalue weighted by atomic mass is 10.1. The van der Waals surface area contributed by atoms with Crippen LogP contribution in [0.4, 0.5) is 11.8 Å². The Bertz CT molecular complexity index is 1060. The summed E-state index contributed by atoms with van der Waals surface area (Å²) in [5, 5.41) is 12.2. The molecule has 2 aromatic heterocycles. The number of fused-ring (bicyclic) bond motifs is 1. The van der Waals surface area contributed by atoms with Gasteiger partial charge in [0.15, 0.2) is 5.82 Å². The number of nitrogens with two attached hydrogens (primary N) is 1. The molecule has 30 heavy (non-hydrogen) atoms. The van der Waals surface area contributed by atoms with Crippen LogP contribution in [-0.4, -0.2) is 39.3 Å². The zero-order chi connectivity index (χ0) is 21.5. The van der Waals surface area contributed by atoms with E-state index in [0.29, 0.717) is 12.3 Å². The number of rotatable bonds is 10. The van der Waals surface area contributed by atoms with Crippen LogP contribution in [0.25, 0.3) is 17.1 Å². The number of nitrogens with one attached hydrogen (secondary N) is 1. The van der Waals surface area contributed by atoms with Gasteiger partial charge in [0.25, 0.3) is 0 Å². The summed E-state index contributed by atoms with van der Waals surface area (Å²) in [6.45, 7) is 3.53. The van der Waals surface area contributed by atoms with Crippen LogP contribution in [-0.2, 0) is 11.3 Å². The van der Waals surface area contributed by atoms with Crippen molar-refractivity contribution in [3.63, 3.8) is 0 Å². The average molecular weight is 409 g/mol. The third-order valence-corrected chi connectivity index (χ3v) is 4.77. The molecule has 3 aromatic rings. The van der Waals surface area contributed by atoms with E-state index in [2.05, 4.69) is 26.8 Å². The van der Waals surface area contributed by atoms with Crippen LogP contribution in [0, 0.1) is 0 Å². The van der Waals surface area contributed by atoms with Gasteiger partial charge < -0.3 is 25.5 Å². The number of carboxylic acid groups (broad SMARTS) is 1. The van der Waals surface area contributed by atoms with Crippen LogP contribution >= 0.6 is 0 Å². The van der Waals surface area contributed by atoms with E-state index in [-0.39, 0.29) is 5.95 Å². The monoisotopic (exact) mass is 409 g/mol. The average Bonchev–Trinajstić information content (AvgIpc) is 3.12. The van der Waals surface area contributed by atoms with E-state index < -0.39 is 5.97 Å². The van der Waals surface area contributed by atoms with Crippen molar-refractivity contribution in [2.24, 2.45) is 0 Å². The molecule has 0 aliphatic carbocycles. The van der Waals surface area contributed by atoms with E-state index in [1.807, 2.05) is 30.5 Å². The standard InChI is InChI=1S/C22H27N5O3/c1-3-4-5-11-24-21-20-17(25-22(23)26-21)10-12-27(20)14-16-8-6-15(7-9-19(28)29)13-18(16)30-2/h6-10,12-13H,3-5,11,14H2,1-2H3,(H,28,29)(H3,23,24,25,26)/b9-7+. The second-order valence-electron chi connectivity index (χ2n) is 6.98. The van der Waals surface area contributed by atoms with E-state index in [1.165, 1.54) is 6.08 Å². The molecule has 0 saturated heterocycles. The number of aliphatic carboxylic acids is 1. The number of ether oxygens (including phenoxy) is 1. The number of aromatic nitrogens is 3. The smallest absolute Gasteiger partial charge is 0.328 e. The summed E-state index contributed by atoms with van der Waals surface area (Å²) in [7, 11) is 1.60. The van der Waals surface area contributed by atoms with E-state index in [0.717, 1.165) is 59.9 Å². The summed E-state index contributed by atoms with van der Waals surface area (Å²) < 4.78 is 7.59. The highest BCUT2D eigenvalue weighted by Gasteiger charge is 2.13. The van der Waals surface area contributed by atoms with Gasteiger partial charge in [0.2, 0.25) is 5.95 Å². The number of unbranched alkanes of at least 4 members (excludes halogenated alkanes) is 2. The predicted octanol–water partition coefficient (Wildman–Crippen LogP) is 3.77. The van der Waals surface area contributed by atoms with Crippen LogP contribution in [0.15, 0.2) is 36.5 Å². The van der Waals surface area contributed by atoms with Crippen molar-refractivity contribution in [1.82, 2.24) is 14.5 Å². The van der Waals surface area contributed by atoms with E-state index in [4.69, 9.17) is 15.6 Å². The number of nitrogens with zero attached hydrogens (tertiary/aromatic N) is 3. The summed E-state index contributed by atoms with van der Waals surface area (Å²) in [6, 6.07) is 7.53. The molecule has 158 valence electrons. The van der Waals surface area contributed by atoms with E-state index in [9.17, 15) is 4.79 Å². The first-order chi connectivity index (χ1) is 14.5. The van der Waals surface area contributed by atoms with Crippen molar-refractivity contribution >= 4 is 34.8 Å². The van der Waals surface area contributed by atoms with Gasteiger partial charge in [-0.3, -0.25) is 0 Å². The number of carbonyl (C=O) groups is 1. The van der Waals surface area contributed by atoms with Crippen LogP contribution < -0.4 is 15.8 Å². The third kappa shape index (κ3) is 5.08. The molecule has 2 heterocycles. The molecule has 0 bridgehead atoms. The van der Waals surface area contributed by atoms with Crippen LogP contribution in [0.5, 0.6) is 5.75 Å². The Hall–Kier alpha value is -3.55. The first kappa shape index (κ1) is 21.2. The Kier molecular flexibility index (Phi) is 6.90. The molecule has 0 aliphatic heterocycles. The topological polar surface area (TPSA) is 115 Å². The van der Waals surface area contributed by atoms with Crippen LogP contribution in [0.1, 0.15) is 37.3 Å². The van der Waals surface area contributed by atoms with Crippen molar-refractivity contribution in [3.8, 4) is 5.75 Å². The fraction of sp³-hybridized carbons (Fsp3) is 0.318. The minimum atomic E-state index is -0.991. The fourth-order valence-electron chi connectivity index (χ4n) is 3.31. The molecule has 1 aromatic carbocycles. The fourth-order valence-corrected chi connectivity index (χ4v) is 3.31. The molecule has 0 atom stereocenters. The molecule has 0 fully saturated rings. The SMILES string of the molecule is CCCCCNc1nc(N)nc2ccn(Cc3ccc(/C=C/C(=O)O)cc3OC)c12. The second-order valence-corrected chi connectivity index (χ2v) is 6.98. The maximum absolute atomic E-state index is 10.7. The molecular formula is C22H27N5O3. The predicted molar refractivity (Wildman–Crippen MR) is 119 cm³/mol. The first-order valence-corrected chi connectivity index (χ1v) is 9.96. The third-order valence-electron chi connectivity index (χ3n) is 4.77. The Balaban J connectivity index is 1.91. The maximum Gasteiger partial charge on any atom is 0.328 e. The normalized spacial score (nSPS) is 11.3. The number of methoxy groups -OCH3 is 1. The highest BCUT2D eigenvalue weighted by molar-refractivity contribution is 5.88. The number of benzene rings is 1. The van der Waals surface area contributed by atoms with Gasteiger partial charge in [0.05, 0.1) is 19.2 Å². The quantitative estimate of drug-likeness (QED) is 0.345. The summed E-state index contributed by atoms with van der Waals surface area (Å²) in [5.74, 6) is 0.650. The number of anilines is 2. The lowest BCUT2D eigenvalue weighted by Crippen LogP contribution is -2.09. The Morgan fingerprint density at radius 2 is 2.13 bits per heavy atom. The largest absolute Gasteiger partial charge is 0.496 e. The molecule has 0 saturated carbocycles. The van der Waals surface area contributed by atoms with Crippen molar-refractivity contribution in [2.75, 3.05) is 24.7 Å². The first-order valence-electron chi connectivity index (χ1n) is 9.96. The van der Waals surface area contributed by atoms with Gasteiger partial charge in [-0.15, -0.1) is 0 Å².